The Balaban J connectivity index is 2.31. The van der Waals surface area contributed by atoms with Crippen LogP contribution in [0.5, 0.6) is 5.88 Å². The quantitative estimate of drug-likeness (QED) is 0.805. The maximum atomic E-state index is 12.3. The summed E-state index contributed by atoms with van der Waals surface area (Å²) in [5, 5.41) is 4.71. The average Bonchev–Trinajstić information content (AvgIpc) is 2.65. The first-order chi connectivity index (χ1) is 9.04. The molecule has 5 nitrogen and oxygen atoms in total. The van der Waals surface area contributed by atoms with Crippen LogP contribution in [0.25, 0.3) is 0 Å². The number of halogens is 1. The van der Waals surface area contributed by atoms with Gasteiger partial charge in [0.15, 0.2) is 5.78 Å². The Morgan fingerprint density at radius 2 is 2.26 bits per heavy atom. The third-order valence-corrected chi connectivity index (χ3v) is 3.35. The molecule has 0 spiro atoms. The number of ketones is 1. The van der Waals surface area contributed by atoms with Gasteiger partial charge >= 0.3 is 0 Å². The van der Waals surface area contributed by atoms with Gasteiger partial charge in [0.2, 0.25) is 5.88 Å². The highest BCUT2D eigenvalue weighted by Crippen LogP contribution is 2.23. The van der Waals surface area contributed by atoms with Gasteiger partial charge in [-0.1, -0.05) is 11.6 Å². The Hall–Kier alpha value is -1.88. The van der Waals surface area contributed by atoms with Gasteiger partial charge in [0.25, 0.3) is 0 Å². The number of carbonyl (C=O) groups excluding carboxylic acids is 1. The van der Waals surface area contributed by atoms with Crippen LogP contribution in [-0.4, -0.2) is 27.7 Å². The SMILES string of the molecule is COc1ncccc1C(=O)Cc1c(Cl)c(C)nn1C. The van der Waals surface area contributed by atoms with Crippen LogP contribution in [0, 0.1) is 6.92 Å². The number of hydrogen-bond donors (Lipinski definition) is 0. The summed E-state index contributed by atoms with van der Waals surface area (Å²) in [4.78, 5) is 16.3. The van der Waals surface area contributed by atoms with E-state index in [0.29, 0.717) is 27.9 Å². The highest BCUT2D eigenvalue weighted by atomic mass is 35.5. The van der Waals surface area contributed by atoms with E-state index >= 15 is 0 Å². The molecular formula is C13H14ClN3O2. The number of aromatic nitrogens is 3. The first kappa shape index (κ1) is 13.5. The van der Waals surface area contributed by atoms with Crippen molar-refractivity contribution in [1.82, 2.24) is 14.8 Å². The lowest BCUT2D eigenvalue weighted by molar-refractivity contribution is 0.0987. The molecular weight excluding hydrogens is 266 g/mol. The Bertz CT molecular complexity index is 622. The van der Waals surface area contributed by atoms with E-state index in [-0.39, 0.29) is 12.2 Å². The van der Waals surface area contributed by atoms with E-state index in [1.54, 1.807) is 37.0 Å². The molecule has 0 aliphatic rings. The maximum absolute atomic E-state index is 12.3. The zero-order valence-corrected chi connectivity index (χ0v) is 11.7. The van der Waals surface area contributed by atoms with Gasteiger partial charge in [-0.3, -0.25) is 9.48 Å². The van der Waals surface area contributed by atoms with Crippen LogP contribution >= 0.6 is 11.6 Å². The van der Waals surface area contributed by atoms with Crippen LogP contribution in [0.2, 0.25) is 5.02 Å². The molecule has 2 aromatic rings. The molecule has 0 amide bonds. The number of Topliss-reactive ketones (excluding diaryl/α,β-unsaturated/α-hetero) is 1. The summed E-state index contributed by atoms with van der Waals surface area (Å²) in [6, 6.07) is 3.39. The lowest BCUT2D eigenvalue weighted by Gasteiger charge is -2.06. The fourth-order valence-corrected chi connectivity index (χ4v) is 2.11. The number of nitrogens with zero attached hydrogens (tertiary/aromatic N) is 3. The second-order valence-electron chi connectivity index (χ2n) is 4.13. The number of methoxy groups -OCH3 is 1. The molecule has 0 saturated carbocycles. The lowest BCUT2D eigenvalue weighted by Crippen LogP contribution is -2.10. The van der Waals surface area contributed by atoms with Gasteiger partial charge in [-0.05, 0) is 19.1 Å². The Kier molecular flexibility index (Phi) is 3.85. The second kappa shape index (κ2) is 5.40. The van der Waals surface area contributed by atoms with Gasteiger partial charge in [-0.15, -0.1) is 0 Å². The first-order valence-corrected chi connectivity index (χ1v) is 6.12. The molecule has 0 saturated heterocycles. The van der Waals surface area contributed by atoms with Gasteiger partial charge < -0.3 is 4.74 Å². The molecule has 6 heteroatoms. The summed E-state index contributed by atoms with van der Waals surface area (Å²) < 4.78 is 6.71. The Labute approximate surface area is 116 Å². The Morgan fingerprint density at radius 3 is 2.84 bits per heavy atom. The molecule has 19 heavy (non-hydrogen) atoms. The molecule has 0 unspecified atom stereocenters. The van der Waals surface area contributed by atoms with Crippen molar-refractivity contribution in [1.29, 1.82) is 0 Å². The van der Waals surface area contributed by atoms with Gasteiger partial charge in [-0.25, -0.2) is 4.98 Å². The van der Waals surface area contributed by atoms with Crippen LogP contribution in [0.15, 0.2) is 18.3 Å². The zero-order valence-electron chi connectivity index (χ0n) is 11.0. The summed E-state index contributed by atoms with van der Waals surface area (Å²) in [6.07, 6.45) is 1.75. The molecule has 0 radical (unpaired) electrons. The van der Waals surface area contributed by atoms with Crippen molar-refractivity contribution in [3.63, 3.8) is 0 Å². The predicted molar refractivity (Wildman–Crippen MR) is 71.8 cm³/mol. The number of hydrogen-bond acceptors (Lipinski definition) is 4. The van der Waals surface area contributed by atoms with Crippen molar-refractivity contribution in [3.05, 3.63) is 40.3 Å². The summed E-state index contributed by atoms with van der Waals surface area (Å²) >= 11 is 6.14. The second-order valence-corrected chi connectivity index (χ2v) is 4.51. The van der Waals surface area contributed by atoms with Crippen LogP contribution in [0.3, 0.4) is 0 Å². The third kappa shape index (κ3) is 2.61. The number of carbonyl (C=O) groups is 1. The minimum atomic E-state index is -0.102. The minimum Gasteiger partial charge on any atom is -0.480 e. The molecule has 0 atom stereocenters. The first-order valence-electron chi connectivity index (χ1n) is 5.74. The van der Waals surface area contributed by atoms with E-state index in [1.165, 1.54) is 7.11 Å². The third-order valence-electron chi connectivity index (χ3n) is 2.85. The topological polar surface area (TPSA) is 57.0 Å². The predicted octanol–water partition coefficient (Wildman–Crippen LogP) is 2.21. The van der Waals surface area contributed by atoms with Gasteiger partial charge in [-0.2, -0.15) is 5.10 Å². The van der Waals surface area contributed by atoms with Crippen LogP contribution < -0.4 is 4.74 Å². The van der Waals surface area contributed by atoms with Crippen molar-refractivity contribution in [3.8, 4) is 5.88 Å². The summed E-state index contributed by atoms with van der Waals surface area (Å²) in [7, 11) is 3.25. The summed E-state index contributed by atoms with van der Waals surface area (Å²) in [6.45, 7) is 1.81. The summed E-state index contributed by atoms with van der Waals surface area (Å²) in [5.41, 5.74) is 1.85. The fourth-order valence-electron chi connectivity index (χ4n) is 1.89. The van der Waals surface area contributed by atoms with Gasteiger partial charge in [0.05, 0.1) is 35.5 Å². The standard InChI is InChI=1S/C13H14ClN3O2/c1-8-12(14)10(17(2)16-8)7-11(18)9-5-4-6-15-13(9)19-3/h4-6H,7H2,1-3H3. The van der Waals surface area contributed by atoms with Gasteiger partial charge in [0, 0.05) is 13.2 Å². The van der Waals surface area contributed by atoms with Crippen LogP contribution in [0.4, 0.5) is 0 Å². The summed E-state index contributed by atoms with van der Waals surface area (Å²) in [5.74, 6) is 0.220. The van der Waals surface area contributed by atoms with E-state index in [9.17, 15) is 4.79 Å². The van der Waals surface area contributed by atoms with Crippen molar-refractivity contribution in [2.24, 2.45) is 7.05 Å². The Morgan fingerprint density at radius 1 is 1.53 bits per heavy atom. The normalized spacial score (nSPS) is 10.5. The van der Waals surface area contributed by atoms with Gasteiger partial charge in [0.1, 0.15) is 0 Å². The van der Waals surface area contributed by atoms with Crippen molar-refractivity contribution >= 4 is 17.4 Å². The van der Waals surface area contributed by atoms with E-state index in [0.717, 1.165) is 0 Å². The van der Waals surface area contributed by atoms with E-state index < -0.39 is 0 Å². The highest BCUT2D eigenvalue weighted by Gasteiger charge is 2.18. The molecule has 0 aromatic carbocycles. The van der Waals surface area contributed by atoms with Crippen molar-refractivity contribution in [2.45, 2.75) is 13.3 Å². The van der Waals surface area contributed by atoms with E-state index in [2.05, 4.69) is 10.1 Å². The van der Waals surface area contributed by atoms with Crippen molar-refractivity contribution in [2.75, 3.05) is 7.11 Å². The smallest absolute Gasteiger partial charge is 0.224 e. The molecule has 0 bridgehead atoms. The van der Waals surface area contributed by atoms with E-state index in [4.69, 9.17) is 16.3 Å². The molecule has 0 aliphatic carbocycles. The lowest BCUT2D eigenvalue weighted by atomic mass is 10.1. The highest BCUT2D eigenvalue weighted by molar-refractivity contribution is 6.32. The van der Waals surface area contributed by atoms with Crippen LogP contribution in [-0.2, 0) is 13.5 Å². The fraction of sp³-hybridized carbons (Fsp3) is 0.308. The number of pyridine rings is 1. The maximum Gasteiger partial charge on any atom is 0.224 e. The number of rotatable bonds is 4. The molecule has 0 N–H and O–H groups in total. The molecule has 2 rings (SSSR count). The van der Waals surface area contributed by atoms with Crippen molar-refractivity contribution < 1.29 is 9.53 Å². The molecule has 2 aromatic heterocycles. The minimum absolute atomic E-state index is 0.102. The molecule has 0 aliphatic heterocycles. The zero-order chi connectivity index (χ0) is 14.0. The number of ether oxygens (including phenoxy) is 1. The average molecular weight is 280 g/mol. The monoisotopic (exact) mass is 279 g/mol. The molecule has 0 fully saturated rings. The van der Waals surface area contributed by atoms with Crippen LogP contribution in [0.1, 0.15) is 21.7 Å². The largest absolute Gasteiger partial charge is 0.480 e. The van der Waals surface area contributed by atoms with E-state index in [1.807, 2.05) is 0 Å². The molecule has 2 heterocycles. The molecule has 100 valence electrons. The number of aryl methyl sites for hydroxylation is 2.